The first-order valence-corrected chi connectivity index (χ1v) is 6.29. The Morgan fingerprint density at radius 2 is 2.17 bits per heavy atom. The van der Waals surface area contributed by atoms with E-state index in [4.69, 9.17) is 9.84 Å². The SMILES string of the molecule is CN(CC1CCOCC1)c1cccc(C(=O)O)c1. The van der Waals surface area contributed by atoms with E-state index >= 15 is 0 Å². The molecule has 1 aliphatic heterocycles. The first-order chi connectivity index (χ1) is 8.66. The quantitative estimate of drug-likeness (QED) is 0.889. The number of aromatic carboxylic acids is 1. The second kappa shape index (κ2) is 5.87. The summed E-state index contributed by atoms with van der Waals surface area (Å²) < 4.78 is 5.34. The van der Waals surface area contributed by atoms with Crippen LogP contribution in [0.2, 0.25) is 0 Å². The highest BCUT2D eigenvalue weighted by atomic mass is 16.5. The van der Waals surface area contributed by atoms with Crippen LogP contribution in [0.3, 0.4) is 0 Å². The highest BCUT2D eigenvalue weighted by molar-refractivity contribution is 5.88. The van der Waals surface area contributed by atoms with Gasteiger partial charge in [-0.3, -0.25) is 0 Å². The Labute approximate surface area is 107 Å². The maximum absolute atomic E-state index is 10.9. The summed E-state index contributed by atoms with van der Waals surface area (Å²) in [5, 5.41) is 8.98. The lowest BCUT2D eigenvalue weighted by Gasteiger charge is -2.28. The van der Waals surface area contributed by atoms with Crippen LogP contribution in [0.15, 0.2) is 24.3 Å². The highest BCUT2D eigenvalue weighted by Gasteiger charge is 2.16. The summed E-state index contributed by atoms with van der Waals surface area (Å²) in [5.41, 5.74) is 1.30. The molecule has 0 aliphatic carbocycles. The van der Waals surface area contributed by atoms with Crippen molar-refractivity contribution in [3.63, 3.8) is 0 Å². The van der Waals surface area contributed by atoms with Crippen molar-refractivity contribution in [2.24, 2.45) is 5.92 Å². The third kappa shape index (κ3) is 3.23. The van der Waals surface area contributed by atoms with Gasteiger partial charge in [-0.1, -0.05) is 6.07 Å². The molecular formula is C14H19NO3. The summed E-state index contributed by atoms with van der Waals surface area (Å²) in [6.07, 6.45) is 2.17. The molecule has 1 saturated heterocycles. The fourth-order valence-corrected chi connectivity index (χ4v) is 2.30. The Balaban J connectivity index is 2.01. The van der Waals surface area contributed by atoms with Crippen molar-refractivity contribution in [3.8, 4) is 0 Å². The molecule has 0 amide bonds. The lowest BCUT2D eigenvalue weighted by atomic mass is 9.99. The Bertz CT molecular complexity index is 413. The molecule has 1 aromatic carbocycles. The Hall–Kier alpha value is -1.55. The van der Waals surface area contributed by atoms with E-state index in [1.165, 1.54) is 0 Å². The molecule has 1 heterocycles. The van der Waals surface area contributed by atoms with Crippen LogP contribution in [0.4, 0.5) is 5.69 Å². The van der Waals surface area contributed by atoms with E-state index < -0.39 is 5.97 Å². The maximum atomic E-state index is 10.9. The minimum atomic E-state index is -0.878. The van der Waals surface area contributed by atoms with Crippen LogP contribution in [0.1, 0.15) is 23.2 Å². The Morgan fingerprint density at radius 3 is 2.83 bits per heavy atom. The van der Waals surface area contributed by atoms with Crippen LogP contribution >= 0.6 is 0 Å². The molecule has 1 aliphatic rings. The normalized spacial score (nSPS) is 16.5. The van der Waals surface area contributed by atoms with Crippen molar-refractivity contribution in [1.29, 1.82) is 0 Å². The molecule has 0 atom stereocenters. The number of anilines is 1. The summed E-state index contributed by atoms with van der Waals surface area (Å²) in [5.74, 6) is -0.242. The number of rotatable bonds is 4. The highest BCUT2D eigenvalue weighted by Crippen LogP contribution is 2.20. The fourth-order valence-electron chi connectivity index (χ4n) is 2.30. The summed E-state index contributed by atoms with van der Waals surface area (Å²) in [4.78, 5) is 13.1. The van der Waals surface area contributed by atoms with Gasteiger partial charge >= 0.3 is 5.97 Å². The third-order valence-corrected chi connectivity index (χ3v) is 3.41. The number of carboxylic acids is 1. The smallest absolute Gasteiger partial charge is 0.335 e. The van der Waals surface area contributed by atoms with Gasteiger partial charge in [-0.2, -0.15) is 0 Å². The molecule has 0 aromatic heterocycles. The molecule has 18 heavy (non-hydrogen) atoms. The zero-order valence-corrected chi connectivity index (χ0v) is 10.6. The number of carboxylic acid groups (broad SMARTS) is 1. The summed E-state index contributed by atoms with van der Waals surface area (Å²) in [6, 6.07) is 7.08. The third-order valence-electron chi connectivity index (χ3n) is 3.41. The van der Waals surface area contributed by atoms with Crippen LogP contribution < -0.4 is 4.90 Å². The molecule has 0 bridgehead atoms. The molecule has 0 spiro atoms. The average molecular weight is 249 g/mol. The monoisotopic (exact) mass is 249 g/mol. The molecule has 4 nitrogen and oxygen atoms in total. The lowest BCUT2D eigenvalue weighted by molar-refractivity contribution is 0.0685. The number of hydrogen-bond donors (Lipinski definition) is 1. The number of carbonyl (C=O) groups is 1. The Morgan fingerprint density at radius 1 is 1.44 bits per heavy atom. The largest absolute Gasteiger partial charge is 0.478 e. The average Bonchev–Trinajstić information content (AvgIpc) is 2.40. The standard InChI is InChI=1S/C14H19NO3/c1-15(10-11-5-7-18-8-6-11)13-4-2-3-12(9-13)14(16)17/h2-4,9,11H,5-8,10H2,1H3,(H,16,17). The van der Waals surface area contributed by atoms with E-state index in [1.807, 2.05) is 13.1 Å². The van der Waals surface area contributed by atoms with Gasteiger partial charge in [0.1, 0.15) is 0 Å². The minimum Gasteiger partial charge on any atom is -0.478 e. The van der Waals surface area contributed by atoms with E-state index in [1.54, 1.807) is 18.2 Å². The van der Waals surface area contributed by atoms with Crippen molar-refractivity contribution < 1.29 is 14.6 Å². The van der Waals surface area contributed by atoms with E-state index in [2.05, 4.69) is 4.90 Å². The molecule has 0 saturated carbocycles. The van der Waals surface area contributed by atoms with E-state index in [0.29, 0.717) is 11.5 Å². The number of benzene rings is 1. The van der Waals surface area contributed by atoms with Crippen LogP contribution in [-0.4, -0.2) is 37.9 Å². The van der Waals surface area contributed by atoms with E-state index in [0.717, 1.165) is 38.3 Å². The van der Waals surface area contributed by atoms with Crippen molar-refractivity contribution >= 4 is 11.7 Å². The van der Waals surface area contributed by atoms with E-state index in [-0.39, 0.29) is 0 Å². The van der Waals surface area contributed by atoms with Crippen LogP contribution in [0, 0.1) is 5.92 Å². The van der Waals surface area contributed by atoms with Crippen molar-refractivity contribution in [2.75, 3.05) is 31.7 Å². The predicted octanol–water partition coefficient (Wildman–Crippen LogP) is 2.25. The second-order valence-corrected chi connectivity index (χ2v) is 4.79. The fraction of sp³-hybridized carbons (Fsp3) is 0.500. The van der Waals surface area contributed by atoms with E-state index in [9.17, 15) is 4.79 Å². The first-order valence-electron chi connectivity index (χ1n) is 6.29. The zero-order chi connectivity index (χ0) is 13.0. The van der Waals surface area contributed by atoms with Gasteiger partial charge in [0.2, 0.25) is 0 Å². The van der Waals surface area contributed by atoms with Gasteiger partial charge in [-0.05, 0) is 37.0 Å². The topological polar surface area (TPSA) is 49.8 Å². The van der Waals surface area contributed by atoms with Crippen LogP contribution in [0.25, 0.3) is 0 Å². The minimum absolute atomic E-state index is 0.339. The van der Waals surface area contributed by atoms with Gasteiger partial charge in [0.05, 0.1) is 5.56 Å². The van der Waals surface area contributed by atoms with Crippen molar-refractivity contribution in [2.45, 2.75) is 12.8 Å². The zero-order valence-electron chi connectivity index (χ0n) is 10.6. The molecule has 0 unspecified atom stereocenters. The molecular weight excluding hydrogens is 230 g/mol. The number of ether oxygens (including phenoxy) is 1. The first kappa shape index (κ1) is 12.9. The number of nitrogens with zero attached hydrogens (tertiary/aromatic N) is 1. The Kier molecular flexibility index (Phi) is 4.20. The predicted molar refractivity (Wildman–Crippen MR) is 70.2 cm³/mol. The summed E-state index contributed by atoms with van der Waals surface area (Å²) >= 11 is 0. The van der Waals surface area contributed by atoms with Crippen LogP contribution in [-0.2, 0) is 4.74 Å². The molecule has 4 heteroatoms. The van der Waals surface area contributed by atoms with Crippen LogP contribution in [0.5, 0.6) is 0 Å². The maximum Gasteiger partial charge on any atom is 0.335 e. The van der Waals surface area contributed by atoms with Crippen molar-refractivity contribution in [1.82, 2.24) is 0 Å². The van der Waals surface area contributed by atoms with Gasteiger partial charge in [0, 0.05) is 32.5 Å². The summed E-state index contributed by atoms with van der Waals surface area (Å²) in [6.45, 7) is 2.63. The number of hydrogen-bond acceptors (Lipinski definition) is 3. The lowest BCUT2D eigenvalue weighted by Crippen LogP contribution is -2.29. The van der Waals surface area contributed by atoms with Gasteiger partial charge in [-0.25, -0.2) is 4.79 Å². The van der Waals surface area contributed by atoms with Gasteiger partial charge in [0.25, 0.3) is 0 Å². The van der Waals surface area contributed by atoms with Gasteiger partial charge in [0.15, 0.2) is 0 Å². The molecule has 1 fully saturated rings. The second-order valence-electron chi connectivity index (χ2n) is 4.79. The molecule has 98 valence electrons. The van der Waals surface area contributed by atoms with Crippen molar-refractivity contribution in [3.05, 3.63) is 29.8 Å². The van der Waals surface area contributed by atoms with Gasteiger partial charge < -0.3 is 14.7 Å². The summed E-state index contributed by atoms with van der Waals surface area (Å²) in [7, 11) is 2.01. The molecule has 0 radical (unpaired) electrons. The molecule has 1 aromatic rings. The molecule has 1 N–H and O–H groups in total. The van der Waals surface area contributed by atoms with Gasteiger partial charge in [-0.15, -0.1) is 0 Å². The molecule has 2 rings (SSSR count).